The molecule has 0 aromatic heterocycles. The van der Waals surface area contributed by atoms with E-state index in [2.05, 4.69) is 0 Å². The summed E-state index contributed by atoms with van der Waals surface area (Å²) in [6.07, 6.45) is 0.854. The molecule has 0 spiro atoms. The molecule has 1 rings (SSSR count). The summed E-state index contributed by atoms with van der Waals surface area (Å²) in [4.78, 5) is 13.8. The molecule has 0 aliphatic carbocycles. The summed E-state index contributed by atoms with van der Waals surface area (Å²) in [5, 5.41) is 9.94. The fourth-order valence-electron chi connectivity index (χ4n) is 1.95. The van der Waals surface area contributed by atoms with E-state index >= 15 is 0 Å². The SMILES string of the molecule is C[C@H](Cc1ccccc1Cl)C(=O)N(C)CC[C@@H](C)O. The minimum absolute atomic E-state index is 0.0839. The molecule has 0 saturated heterocycles. The highest BCUT2D eigenvalue weighted by Gasteiger charge is 2.18. The van der Waals surface area contributed by atoms with Crippen LogP contribution in [0, 0.1) is 5.92 Å². The lowest BCUT2D eigenvalue weighted by Crippen LogP contribution is -2.34. The number of carbonyl (C=O) groups is 1. The van der Waals surface area contributed by atoms with Crippen molar-refractivity contribution in [2.45, 2.75) is 32.8 Å². The van der Waals surface area contributed by atoms with Crippen LogP contribution < -0.4 is 0 Å². The highest BCUT2D eigenvalue weighted by molar-refractivity contribution is 6.31. The summed E-state index contributed by atoms with van der Waals surface area (Å²) in [5.74, 6) is -0.0283. The van der Waals surface area contributed by atoms with E-state index in [1.165, 1.54) is 0 Å². The van der Waals surface area contributed by atoms with Crippen LogP contribution in [-0.4, -0.2) is 35.6 Å². The Labute approximate surface area is 120 Å². The predicted octanol–water partition coefficient (Wildman–Crippen LogP) is 2.75. The topological polar surface area (TPSA) is 40.5 Å². The third-order valence-corrected chi connectivity index (χ3v) is 3.53. The second-order valence-electron chi connectivity index (χ2n) is 5.09. The summed E-state index contributed by atoms with van der Waals surface area (Å²) >= 11 is 6.10. The van der Waals surface area contributed by atoms with Gasteiger partial charge >= 0.3 is 0 Å². The molecule has 0 aliphatic rings. The maximum atomic E-state index is 12.2. The molecule has 0 radical (unpaired) electrons. The highest BCUT2D eigenvalue weighted by Crippen LogP contribution is 2.19. The molecule has 0 bridgehead atoms. The lowest BCUT2D eigenvalue weighted by molar-refractivity contribution is -0.133. The molecule has 106 valence electrons. The van der Waals surface area contributed by atoms with Crippen molar-refractivity contribution in [1.29, 1.82) is 0 Å². The molecule has 0 unspecified atom stereocenters. The molecule has 1 aromatic carbocycles. The Morgan fingerprint density at radius 1 is 1.37 bits per heavy atom. The number of hydrogen-bond donors (Lipinski definition) is 1. The van der Waals surface area contributed by atoms with E-state index in [9.17, 15) is 9.90 Å². The molecule has 0 fully saturated rings. The number of carbonyl (C=O) groups excluding carboxylic acids is 1. The van der Waals surface area contributed by atoms with Crippen LogP contribution in [-0.2, 0) is 11.2 Å². The Bertz CT molecular complexity index is 420. The number of nitrogens with zero attached hydrogens (tertiary/aromatic N) is 1. The van der Waals surface area contributed by atoms with E-state index in [4.69, 9.17) is 11.6 Å². The van der Waals surface area contributed by atoms with Gasteiger partial charge in [-0.25, -0.2) is 0 Å². The van der Waals surface area contributed by atoms with Crippen molar-refractivity contribution in [3.63, 3.8) is 0 Å². The first-order valence-electron chi connectivity index (χ1n) is 6.58. The monoisotopic (exact) mass is 283 g/mol. The molecule has 4 heteroatoms. The number of aliphatic hydroxyl groups is 1. The number of aliphatic hydroxyl groups excluding tert-OH is 1. The Balaban J connectivity index is 2.55. The molecule has 1 N–H and O–H groups in total. The van der Waals surface area contributed by atoms with Crippen molar-refractivity contribution < 1.29 is 9.90 Å². The molecule has 2 atom stereocenters. The molecule has 19 heavy (non-hydrogen) atoms. The van der Waals surface area contributed by atoms with E-state index in [1.807, 2.05) is 31.2 Å². The zero-order chi connectivity index (χ0) is 14.4. The van der Waals surface area contributed by atoms with Gasteiger partial charge in [0.05, 0.1) is 6.10 Å². The van der Waals surface area contributed by atoms with E-state index < -0.39 is 0 Å². The first kappa shape index (κ1) is 16.0. The summed E-state index contributed by atoms with van der Waals surface area (Å²) in [6, 6.07) is 7.59. The smallest absolute Gasteiger partial charge is 0.225 e. The van der Waals surface area contributed by atoms with Gasteiger partial charge in [0.25, 0.3) is 0 Å². The largest absolute Gasteiger partial charge is 0.393 e. The zero-order valence-electron chi connectivity index (χ0n) is 11.8. The number of hydrogen-bond acceptors (Lipinski definition) is 2. The molecular formula is C15H22ClNO2. The van der Waals surface area contributed by atoms with Gasteiger partial charge in [0.2, 0.25) is 5.91 Å². The standard InChI is InChI=1S/C15H22ClNO2/c1-11(10-13-6-4-5-7-14(13)16)15(19)17(3)9-8-12(2)18/h4-7,11-12,18H,8-10H2,1-3H3/t11-,12-/m1/s1. The lowest BCUT2D eigenvalue weighted by Gasteiger charge is -2.22. The van der Waals surface area contributed by atoms with Crippen LogP contribution in [0.3, 0.4) is 0 Å². The zero-order valence-corrected chi connectivity index (χ0v) is 12.5. The maximum Gasteiger partial charge on any atom is 0.225 e. The lowest BCUT2D eigenvalue weighted by atomic mass is 10.00. The van der Waals surface area contributed by atoms with Gasteiger partial charge in [0, 0.05) is 24.5 Å². The fourth-order valence-corrected chi connectivity index (χ4v) is 2.16. The van der Waals surface area contributed by atoms with Crippen molar-refractivity contribution >= 4 is 17.5 Å². The van der Waals surface area contributed by atoms with Crippen LogP contribution in [0.1, 0.15) is 25.8 Å². The molecule has 1 aromatic rings. The summed E-state index contributed by atoms with van der Waals surface area (Å²) in [7, 11) is 1.77. The summed E-state index contributed by atoms with van der Waals surface area (Å²) in [5.41, 5.74) is 0.994. The van der Waals surface area contributed by atoms with Gasteiger partial charge < -0.3 is 10.0 Å². The van der Waals surface area contributed by atoms with Crippen LogP contribution in [0.4, 0.5) is 0 Å². The average molecular weight is 284 g/mol. The van der Waals surface area contributed by atoms with Crippen LogP contribution in [0.5, 0.6) is 0 Å². The van der Waals surface area contributed by atoms with Crippen LogP contribution >= 0.6 is 11.6 Å². The van der Waals surface area contributed by atoms with Gasteiger partial charge in [-0.3, -0.25) is 4.79 Å². The molecule has 1 amide bonds. The van der Waals surface area contributed by atoms with Gasteiger partial charge in [0.15, 0.2) is 0 Å². The average Bonchev–Trinajstić information content (AvgIpc) is 2.37. The van der Waals surface area contributed by atoms with Crippen molar-refractivity contribution in [2.75, 3.05) is 13.6 Å². The van der Waals surface area contributed by atoms with Crippen molar-refractivity contribution in [2.24, 2.45) is 5.92 Å². The van der Waals surface area contributed by atoms with Gasteiger partial charge in [0.1, 0.15) is 0 Å². The second-order valence-corrected chi connectivity index (χ2v) is 5.50. The summed E-state index contributed by atoms with van der Waals surface area (Å²) in [6.45, 7) is 4.21. The maximum absolute atomic E-state index is 12.2. The Morgan fingerprint density at radius 3 is 2.58 bits per heavy atom. The first-order chi connectivity index (χ1) is 8.91. The quantitative estimate of drug-likeness (QED) is 0.872. The second kappa shape index (κ2) is 7.51. The van der Waals surface area contributed by atoms with Crippen LogP contribution in [0.2, 0.25) is 5.02 Å². The summed E-state index contributed by atoms with van der Waals surface area (Å²) < 4.78 is 0. The molecule has 0 saturated carbocycles. The molecule has 3 nitrogen and oxygen atoms in total. The third kappa shape index (κ3) is 5.21. The Morgan fingerprint density at radius 2 is 2.00 bits per heavy atom. The minimum Gasteiger partial charge on any atom is -0.393 e. The Kier molecular flexibility index (Phi) is 6.32. The fraction of sp³-hybridized carbons (Fsp3) is 0.533. The van der Waals surface area contributed by atoms with E-state index in [-0.39, 0.29) is 17.9 Å². The predicted molar refractivity (Wildman–Crippen MR) is 78.3 cm³/mol. The third-order valence-electron chi connectivity index (χ3n) is 3.16. The number of halogens is 1. The van der Waals surface area contributed by atoms with Crippen molar-refractivity contribution in [3.05, 3.63) is 34.9 Å². The Hall–Kier alpha value is -1.06. The normalized spacial score (nSPS) is 13.9. The first-order valence-corrected chi connectivity index (χ1v) is 6.96. The molecule has 0 heterocycles. The molecular weight excluding hydrogens is 262 g/mol. The van der Waals surface area contributed by atoms with E-state index in [1.54, 1.807) is 18.9 Å². The van der Waals surface area contributed by atoms with E-state index in [0.29, 0.717) is 24.4 Å². The number of benzene rings is 1. The number of amides is 1. The van der Waals surface area contributed by atoms with Gasteiger partial charge in [-0.15, -0.1) is 0 Å². The minimum atomic E-state index is -0.380. The highest BCUT2D eigenvalue weighted by atomic mass is 35.5. The van der Waals surface area contributed by atoms with Gasteiger partial charge in [-0.05, 0) is 31.4 Å². The van der Waals surface area contributed by atoms with E-state index in [0.717, 1.165) is 5.56 Å². The van der Waals surface area contributed by atoms with Gasteiger partial charge in [-0.1, -0.05) is 36.7 Å². The van der Waals surface area contributed by atoms with Crippen molar-refractivity contribution in [1.82, 2.24) is 4.90 Å². The van der Waals surface area contributed by atoms with Crippen LogP contribution in [0.25, 0.3) is 0 Å². The van der Waals surface area contributed by atoms with Gasteiger partial charge in [-0.2, -0.15) is 0 Å². The number of rotatable bonds is 6. The van der Waals surface area contributed by atoms with Crippen molar-refractivity contribution in [3.8, 4) is 0 Å². The molecule has 0 aliphatic heterocycles. The van der Waals surface area contributed by atoms with Crippen LogP contribution in [0.15, 0.2) is 24.3 Å².